The van der Waals surface area contributed by atoms with Gasteiger partial charge >= 0.3 is 11.4 Å². The predicted octanol–water partition coefficient (Wildman–Crippen LogP) is 2.11. The van der Waals surface area contributed by atoms with Crippen molar-refractivity contribution >= 4 is 38.8 Å². The first-order chi connectivity index (χ1) is 8.56. The summed E-state index contributed by atoms with van der Waals surface area (Å²) in [5, 5.41) is 15.5. The van der Waals surface area contributed by atoms with E-state index in [9.17, 15) is 14.9 Å². The Hall–Kier alpha value is -1.74. The van der Waals surface area contributed by atoms with Gasteiger partial charge in [-0.05, 0) is 22.0 Å². The molecule has 0 aromatic carbocycles. The fraction of sp³-hybridized carbons (Fsp3) is 0.111. The van der Waals surface area contributed by atoms with Crippen LogP contribution in [0, 0.1) is 10.1 Å². The monoisotopic (exact) mass is 330 g/mol. The largest absolute Gasteiger partial charge is 0.361 e. The molecule has 0 spiro atoms. The third kappa shape index (κ3) is 2.93. The number of nitro groups is 1. The lowest BCUT2D eigenvalue weighted by Crippen LogP contribution is -2.14. The molecule has 0 saturated carbocycles. The standard InChI is InChI=1S/C9H7BrN4O3S/c10-5-1-6(18-4-5)2-11-8-7(14(16)17)3-12-9(15)13-8/h1,3-4H,2H2,(H2,11,12,13,15). The van der Waals surface area contributed by atoms with Gasteiger partial charge in [0, 0.05) is 14.7 Å². The van der Waals surface area contributed by atoms with Crippen molar-refractivity contribution in [1.82, 2.24) is 9.97 Å². The molecule has 0 radical (unpaired) electrons. The van der Waals surface area contributed by atoms with Crippen LogP contribution in [-0.4, -0.2) is 14.9 Å². The van der Waals surface area contributed by atoms with Crippen molar-refractivity contribution < 1.29 is 4.92 Å². The Kier molecular flexibility index (Phi) is 3.72. The van der Waals surface area contributed by atoms with Crippen LogP contribution >= 0.6 is 27.3 Å². The molecule has 0 saturated heterocycles. The van der Waals surface area contributed by atoms with Crippen LogP contribution < -0.4 is 11.0 Å². The highest BCUT2D eigenvalue weighted by Gasteiger charge is 2.15. The summed E-state index contributed by atoms with van der Waals surface area (Å²) in [6.07, 6.45) is 0.936. The summed E-state index contributed by atoms with van der Waals surface area (Å²) in [6, 6.07) is 1.89. The first-order valence-corrected chi connectivity index (χ1v) is 6.44. The van der Waals surface area contributed by atoms with E-state index in [1.165, 1.54) is 11.3 Å². The van der Waals surface area contributed by atoms with Crippen molar-refractivity contribution in [2.45, 2.75) is 6.54 Å². The summed E-state index contributed by atoms with van der Waals surface area (Å²) < 4.78 is 0.946. The average molecular weight is 331 g/mol. The van der Waals surface area contributed by atoms with Gasteiger partial charge in [-0.25, -0.2) is 4.79 Å². The number of aromatic nitrogens is 2. The van der Waals surface area contributed by atoms with E-state index in [2.05, 4.69) is 31.2 Å². The zero-order valence-corrected chi connectivity index (χ0v) is 11.2. The molecule has 0 unspecified atom stereocenters. The summed E-state index contributed by atoms with van der Waals surface area (Å²) in [7, 11) is 0. The van der Waals surface area contributed by atoms with Gasteiger partial charge < -0.3 is 5.32 Å². The minimum atomic E-state index is -0.629. The zero-order valence-electron chi connectivity index (χ0n) is 8.84. The normalized spacial score (nSPS) is 10.3. The van der Waals surface area contributed by atoms with Gasteiger partial charge in [-0.15, -0.1) is 11.3 Å². The van der Waals surface area contributed by atoms with E-state index in [-0.39, 0.29) is 11.5 Å². The molecule has 18 heavy (non-hydrogen) atoms. The Morgan fingerprint density at radius 1 is 1.61 bits per heavy atom. The molecule has 2 aromatic heterocycles. The van der Waals surface area contributed by atoms with E-state index >= 15 is 0 Å². The van der Waals surface area contributed by atoms with Crippen molar-refractivity contribution in [3.8, 4) is 0 Å². The van der Waals surface area contributed by atoms with Crippen LogP contribution in [-0.2, 0) is 6.54 Å². The van der Waals surface area contributed by atoms with Gasteiger partial charge in [-0.2, -0.15) is 4.98 Å². The molecule has 2 N–H and O–H groups in total. The molecule has 9 heteroatoms. The van der Waals surface area contributed by atoms with Gasteiger partial charge in [0.25, 0.3) is 0 Å². The van der Waals surface area contributed by atoms with Crippen molar-refractivity contribution in [3.63, 3.8) is 0 Å². The number of rotatable bonds is 4. The number of halogens is 1. The Bertz CT molecular complexity index is 639. The Balaban J connectivity index is 2.20. The molecule has 2 aromatic rings. The van der Waals surface area contributed by atoms with Crippen LogP contribution in [0.3, 0.4) is 0 Å². The lowest BCUT2D eigenvalue weighted by molar-refractivity contribution is -0.384. The number of nitrogens with one attached hydrogen (secondary N) is 2. The highest BCUT2D eigenvalue weighted by atomic mass is 79.9. The third-order valence-corrected chi connectivity index (χ3v) is 3.75. The topological polar surface area (TPSA) is 101 Å². The van der Waals surface area contributed by atoms with E-state index in [0.717, 1.165) is 15.5 Å². The summed E-state index contributed by atoms with van der Waals surface area (Å²) >= 11 is 4.81. The molecule has 0 aliphatic carbocycles. The van der Waals surface area contributed by atoms with Crippen LogP contribution in [0.1, 0.15) is 4.88 Å². The molecule has 2 rings (SSSR count). The maximum Gasteiger partial charge on any atom is 0.346 e. The molecule has 2 heterocycles. The summed E-state index contributed by atoms with van der Waals surface area (Å²) in [5.74, 6) is 0.0597. The number of hydrogen-bond donors (Lipinski definition) is 2. The van der Waals surface area contributed by atoms with Gasteiger partial charge in [-0.1, -0.05) is 0 Å². The van der Waals surface area contributed by atoms with E-state index < -0.39 is 10.6 Å². The van der Waals surface area contributed by atoms with Crippen molar-refractivity contribution in [2.24, 2.45) is 0 Å². The summed E-state index contributed by atoms with van der Waals surface area (Å²) in [4.78, 5) is 27.8. The SMILES string of the molecule is O=c1ncc([N+](=O)[O-])c(NCc2cc(Br)cs2)[nH]1. The summed E-state index contributed by atoms with van der Waals surface area (Å²) in [6.45, 7) is 0.386. The van der Waals surface area contributed by atoms with Crippen molar-refractivity contribution in [2.75, 3.05) is 5.32 Å². The third-order valence-electron chi connectivity index (χ3n) is 2.05. The van der Waals surface area contributed by atoms with Crippen molar-refractivity contribution in [3.05, 3.63) is 47.6 Å². The van der Waals surface area contributed by atoms with Gasteiger partial charge in [0.1, 0.15) is 6.20 Å². The first kappa shape index (κ1) is 12.7. The molecule has 0 fully saturated rings. The fourth-order valence-electron chi connectivity index (χ4n) is 1.28. The van der Waals surface area contributed by atoms with Crippen LogP contribution in [0.25, 0.3) is 0 Å². The summed E-state index contributed by atoms with van der Waals surface area (Å²) in [5.41, 5.74) is -0.888. The van der Waals surface area contributed by atoms with E-state index in [0.29, 0.717) is 6.54 Å². The Morgan fingerprint density at radius 3 is 3.00 bits per heavy atom. The maximum absolute atomic E-state index is 11.0. The first-order valence-electron chi connectivity index (χ1n) is 4.77. The van der Waals surface area contributed by atoms with Gasteiger partial charge in [-0.3, -0.25) is 15.1 Å². The molecular weight excluding hydrogens is 324 g/mol. The minimum Gasteiger partial charge on any atom is -0.361 e. The second-order valence-electron chi connectivity index (χ2n) is 3.29. The number of hydrogen-bond acceptors (Lipinski definition) is 6. The highest BCUT2D eigenvalue weighted by molar-refractivity contribution is 9.10. The lowest BCUT2D eigenvalue weighted by atomic mass is 10.4. The molecule has 0 aliphatic heterocycles. The van der Waals surface area contributed by atoms with Crippen LogP contribution in [0.2, 0.25) is 0 Å². The number of aromatic amines is 1. The molecule has 0 bridgehead atoms. The quantitative estimate of drug-likeness (QED) is 0.660. The van der Waals surface area contributed by atoms with Gasteiger partial charge in [0.15, 0.2) is 5.82 Å². The number of H-pyrrole nitrogens is 1. The van der Waals surface area contributed by atoms with Crippen molar-refractivity contribution in [1.29, 1.82) is 0 Å². The molecule has 0 aliphatic rings. The average Bonchev–Trinajstić information content (AvgIpc) is 2.72. The van der Waals surface area contributed by atoms with E-state index in [1.54, 1.807) is 0 Å². The smallest absolute Gasteiger partial charge is 0.346 e. The highest BCUT2D eigenvalue weighted by Crippen LogP contribution is 2.22. The maximum atomic E-state index is 11.0. The van der Waals surface area contributed by atoms with Crippen LogP contribution in [0.15, 0.2) is 26.9 Å². The Morgan fingerprint density at radius 2 is 2.39 bits per heavy atom. The lowest BCUT2D eigenvalue weighted by Gasteiger charge is -2.04. The number of nitrogens with zero attached hydrogens (tertiary/aromatic N) is 2. The second kappa shape index (κ2) is 5.27. The predicted molar refractivity (Wildman–Crippen MR) is 70.9 cm³/mol. The zero-order chi connectivity index (χ0) is 13.1. The Labute approximate surface area is 113 Å². The molecule has 7 nitrogen and oxygen atoms in total. The molecule has 0 atom stereocenters. The van der Waals surface area contributed by atoms with E-state index in [1.807, 2.05) is 11.4 Å². The van der Waals surface area contributed by atoms with E-state index in [4.69, 9.17) is 0 Å². The molecule has 94 valence electrons. The van der Waals surface area contributed by atoms with Gasteiger partial charge in [0.2, 0.25) is 0 Å². The molecule has 0 amide bonds. The second-order valence-corrected chi connectivity index (χ2v) is 5.20. The molecular formula is C9H7BrN4O3S. The van der Waals surface area contributed by atoms with Crippen LogP contribution in [0.5, 0.6) is 0 Å². The van der Waals surface area contributed by atoms with Gasteiger partial charge in [0.05, 0.1) is 11.5 Å². The number of thiophene rings is 1. The van der Waals surface area contributed by atoms with Crippen LogP contribution in [0.4, 0.5) is 11.5 Å². The number of anilines is 1. The fourth-order valence-corrected chi connectivity index (χ4v) is 2.67. The minimum absolute atomic E-state index is 0.0597.